The van der Waals surface area contributed by atoms with Gasteiger partial charge < -0.3 is 24.6 Å². The van der Waals surface area contributed by atoms with E-state index in [2.05, 4.69) is 5.32 Å². The number of hydrogen-bond acceptors (Lipinski definition) is 5. The van der Waals surface area contributed by atoms with Gasteiger partial charge in [0.25, 0.3) is 0 Å². The van der Waals surface area contributed by atoms with Crippen molar-refractivity contribution < 1.29 is 19.3 Å². The zero-order valence-corrected chi connectivity index (χ0v) is 9.65. The van der Waals surface area contributed by atoms with Crippen molar-refractivity contribution in [3.05, 3.63) is 18.2 Å². The van der Waals surface area contributed by atoms with Gasteiger partial charge in [0.2, 0.25) is 6.79 Å². The van der Waals surface area contributed by atoms with Gasteiger partial charge in [0.05, 0.1) is 13.2 Å². The summed E-state index contributed by atoms with van der Waals surface area (Å²) in [5.74, 6) is 2.29. The molecule has 0 radical (unpaired) electrons. The van der Waals surface area contributed by atoms with Gasteiger partial charge in [-0.05, 0) is 25.1 Å². The average molecular weight is 239 g/mol. The number of benzene rings is 1. The molecule has 1 aliphatic rings. The van der Waals surface area contributed by atoms with Crippen molar-refractivity contribution in [1.82, 2.24) is 5.32 Å². The van der Waals surface area contributed by atoms with Crippen molar-refractivity contribution in [2.45, 2.75) is 6.42 Å². The second kappa shape index (κ2) is 6.32. The van der Waals surface area contributed by atoms with Gasteiger partial charge in [-0.3, -0.25) is 0 Å². The normalized spacial score (nSPS) is 12.8. The predicted molar refractivity (Wildman–Crippen MR) is 62.6 cm³/mol. The van der Waals surface area contributed by atoms with Gasteiger partial charge in [-0.15, -0.1) is 0 Å². The summed E-state index contributed by atoms with van der Waals surface area (Å²) in [6.07, 6.45) is 0.897. The second-order valence-corrected chi connectivity index (χ2v) is 3.69. The molecule has 0 unspecified atom stereocenters. The van der Waals surface area contributed by atoms with Gasteiger partial charge in [0, 0.05) is 12.6 Å². The molecule has 1 heterocycles. The molecule has 0 spiro atoms. The Morgan fingerprint density at radius 1 is 1.24 bits per heavy atom. The Morgan fingerprint density at radius 2 is 2.12 bits per heavy atom. The molecule has 0 saturated heterocycles. The predicted octanol–water partition coefficient (Wildman–Crippen LogP) is 0.766. The van der Waals surface area contributed by atoms with Crippen molar-refractivity contribution in [1.29, 1.82) is 0 Å². The monoisotopic (exact) mass is 239 g/mol. The van der Waals surface area contributed by atoms with Crippen molar-refractivity contribution in [3.63, 3.8) is 0 Å². The van der Waals surface area contributed by atoms with E-state index in [1.165, 1.54) is 0 Å². The highest BCUT2D eigenvalue weighted by Gasteiger charge is 2.13. The first kappa shape index (κ1) is 12.0. The molecule has 0 amide bonds. The Morgan fingerprint density at radius 3 is 3.00 bits per heavy atom. The molecule has 2 rings (SSSR count). The van der Waals surface area contributed by atoms with Gasteiger partial charge in [-0.1, -0.05) is 0 Å². The van der Waals surface area contributed by atoms with Crippen LogP contribution in [0.5, 0.6) is 17.2 Å². The van der Waals surface area contributed by atoms with Gasteiger partial charge in [0.15, 0.2) is 11.5 Å². The van der Waals surface area contributed by atoms with Crippen molar-refractivity contribution in [2.75, 3.05) is 33.1 Å². The third-order valence-electron chi connectivity index (χ3n) is 2.40. The molecule has 1 aromatic rings. The highest BCUT2D eigenvalue weighted by Crippen LogP contribution is 2.34. The van der Waals surface area contributed by atoms with Gasteiger partial charge >= 0.3 is 0 Å². The summed E-state index contributed by atoms with van der Waals surface area (Å²) in [6, 6.07) is 5.56. The highest BCUT2D eigenvalue weighted by molar-refractivity contribution is 5.46. The van der Waals surface area contributed by atoms with Crippen LogP contribution in [0.1, 0.15) is 6.42 Å². The summed E-state index contributed by atoms with van der Waals surface area (Å²) >= 11 is 0. The molecule has 0 aliphatic carbocycles. The van der Waals surface area contributed by atoms with E-state index in [1.807, 2.05) is 18.2 Å². The Balaban J connectivity index is 1.69. The molecule has 5 heteroatoms. The Hall–Kier alpha value is -1.46. The number of ether oxygens (including phenoxy) is 3. The largest absolute Gasteiger partial charge is 0.493 e. The Kier molecular flexibility index (Phi) is 4.46. The average Bonchev–Trinajstić information content (AvgIpc) is 2.81. The molecular formula is C12H17NO4. The summed E-state index contributed by atoms with van der Waals surface area (Å²) in [5.41, 5.74) is 0. The zero-order valence-electron chi connectivity index (χ0n) is 9.65. The van der Waals surface area contributed by atoms with Crippen LogP contribution in [0.3, 0.4) is 0 Å². The molecule has 0 aromatic heterocycles. The topological polar surface area (TPSA) is 60.0 Å². The molecule has 2 N–H and O–H groups in total. The fourth-order valence-electron chi connectivity index (χ4n) is 1.56. The summed E-state index contributed by atoms with van der Waals surface area (Å²) in [5, 5.41) is 11.7. The van der Waals surface area contributed by atoms with E-state index >= 15 is 0 Å². The summed E-state index contributed by atoms with van der Waals surface area (Å²) < 4.78 is 16.0. The minimum atomic E-state index is 0.170. The quantitative estimate of drug-likeness (QED) is 0.688. The molecule has 0 fully saturated rings. The van der Waals surface area contributed by atoms with E-state index in [9.17, 15) is 0 Å². The number of aliphatic hydroxyl groups excluding tert-OH is 1. The first-order valence-electron chi connectivity index (χ1n) is 5.74. The van der Waals surface area contributed by atoms with Crippen LogP contribution in [-0.4, -0.2) is 38.2 Å². The van der Waals surface area contributed by atoms with Crippen LogP contribution in [0, 0.1) is 0 Å². The minimum absolute atomic E-state index is 0.170. The molecule has 0 bridgehead atoms. The first-order valence-corrected chi connectivity index (χ1v) is 5.74. The maximum Gasteiger partial charge on any atom is 0.231 e. The molecule has 94 valence electrons. The smallest absolute Gasteiger partial charge is 0.231 e. The molecule has 0 atom stereocenters. The maximum atomic E-state index is 8.57. The lowest BCUT2D eigenvalue weighted by molar-refractivity contribution is 0.173. The van der Waals surface area contributed by atoms with Crippen molar-refractivity contribution in [2.24, 2.45) is 0 Å². The van der Waals surface area contributed by atoms with E-state index in [4.69, 9.17) is 19.3 Å². The van der Waals surface area contributed by atoms with Crippen LogP contribution in [0.4, 0.5) is 0 Å². The first-order chi connectivity index (χ1) is 8.40. The number of hydrogen-bond donors (Lipinski definition) is 2. The second-order valence-electron chi connectivity index (χ2n) is 3.69. The van der Waals surface area contributed by atoms with Gasteiger partial charge in [0.1, 0.15) is 5.75 Å². The van der Waals surface area contributed by atoms with E-state index in [0.29, 0.717) is 13.2 Å². The van der Waals surface area contributed by atoms with Crippen LogP contribution < -0.4 is 19.5 Å². The number of nitrogens with one attached hydrogen (secondary N) is 1. The van der Waals surface area contributed by atoms with Crippen LogP contribution in [0.15, 0.2) is 18.2 Å². The number of fused-ring (bicyclic) bond motifs is 1. The van der Waals surface area contributed by atoms with E-state index in [-0.39, 0.29) is 13.4 Å². The maximum absolute atomic E-state index is 8.57. The summed E-state index contributed by atoms with van der Waals surface area (Å²) in [6.45, 7) is 2.56. The van der Waals surface area contributed by atoms with E-state index in [1.54, 1.807) is 0 Å². The molecule has 17 heavy (non-hydrogen) atoms. The van der Waals surface area contributed by atoms with Crippen LogP contribution in [0.2, 0.25) is 0 Å². The molecule has 1 aliphatic heterocycles. The summed E-state index contributed by atoms with van der Waals surface area (Å²) in [4.78, 5) is 0. The SMILES string of the molecule is OCCNCCCOc1ccc2c(c1)OCO2. The summed E-state index contributed by atoms with van der Waals surface area (Å²) in [7, 11) is 0. The minimum Gasteiger partial charge on any atom is -0.493 e. The van der Waals surface area contributed by atoms with Crippen molar-refractivity contribution in [3.8, 4) is 17.2 Å². The Bertz CT molecular complexity index is 356. The van der Waals surface area contributed by atoms with Crippen molar-refractivity contribution >= 4 is 0 Å². The van der Waals surface area contributed by atoms with E-state index in [0.717, 1.165) is 30.2 Å². The fraction of sp³-hybridized carbons (Fsp3) is 0.500. The highest BCUT2D eigenvalue weighted by atomic mass is 16.7. The van der Waals surface area contributed by atoms with Crippen LogP contribution in [-0.2, 0) is 0 Å². The van der Waals surface area contributed by atoms with E-state index < -0.39 is 0 Å². The van der Waals surface area contributed by atoms with Gasteiger partial charge in [-0.2, -0.15) is 0 Å². The third-order valence-corrected chi connectivity index (χ3v) is 2.40. The molecule has 0 saturated carbocycles. The molecule has 1 aromatic carbocycles. The number of rotatable bonds is 7. The lowest BCUT2D eigenvalue weighted by Crippen LogP contribution is -2.20. The molecular weight excluding hydrogens is 222 g/mol. The molecule has 5 nitrogen and oxygen atoms in total. The third kappa shape index (κ3) is 3.51. The fourth-order valence-corrected chi connectivity index (χ4v) is 1.56. The lowest BCUT2D eigenvalue weighted by Gasteiger charge is -2.07. The standard InChI is InChI=1S/C12H17NO4/c14-6-5-13-4-1-7-15-10-2-3-11-12(8-10)17-9-16-11/h2-3,8,13-14H,1,4-7,9H2. The van der Waals surface area contributed by atoms with Crippen LogP contribution in [0.25, 0.3) is 0 Å². The number of aliphatic hydroxyl groups is 1. The Labute approximate surface area is 100 Å². The lowest BCUT2D eigenvalue weighted by atomic mass is 10.3. The van der Waals surface area contributed by atoms with Gasteiger partial charge in [-0.25, -0.2) is 0 Å². The zero-order chi connectivity index (χ0) is 11.9. The van der Waals surface area contributed by atoms with Crippen LogP contribution >= 0.6 is 0 Å².